The summed E-state index contributed by atoms with van der Waals surface area (Å²) in [4.78, 5) is 3.79. The molecule has 4 nitrogen and oxygen atoms in total. The Morgan fingerprint density at radius 3 is 2.61 bits per heavy atom. The van der Waals surface area contributed by atoms with Crippen LogP contribution in [0.2, 0.25) is 0 Å². The van der Waals surface area contributed by atoms with Gasteiger partial charge in [-0.1, -0.05) is 6.07 Å². The summed E-state index contributed by atoms with van der Waals surface area (Å²) in [5.74, 6) is -1.90. The van der Waals surface area contributed by atoms with Crippen LogP contribution in [0.25, 0.3) is 11.0 Å². The highest BCUT2D eigenvalue weighted by atomic mass is 32.2. The third-order valence-corrected chi connectivity index (χ3v) is 3.90. The zero-order valence-electron chi connectivity index (χ0n) is 9.27. The monoisotopic (exact) mass is 278 g/mol. The number of alkyl halides is 3. The number of imidazole rings is 1. The standard InChI is InChI=1S/C10H9F3N2O2S/c1-7-2-3-9-8(4-7)14-6-15(9)18(16,17)5-10(11,12)13/h2-4,6H,5H2,1H3. The number of nitrogens with zero attached hydrogens (tertiary/aromatic N) is 2. The first-order valence-corrected chi connectivity index (χ1v) is 6.54. The Balaban J connectivity index is 2.55. The molecule has 0 spiro atoms. The zero-order chi connectivity index (χ0) is 13.6. The topological polar surface area (TPSA) is 52.0 Å². The third-order valence-electron chi connectivity index (χ3n) is 2.32. The molecule has 0 radical (unpaired) electrons. The van der Waals surface area contributed by atoms with Gasteiger partial charge in [-0.15, -0.1) is 0 Å². The van der Waals surface area contributed by atoms with Crippen LogP contribution in [0.3, 0.4) is 0 Å². The fourth-order valence-corrected chi connectivity index (χ4v) is 2.80. The number of aryl methyl sites for hydroxylation is 1. The Bertz CT molecular complexity index is 689. The van der Waals surface area contributed by atoms with Crippen molar-refractivity contribution in [2.75, 3.05) is 5.75 Å². The quantitative estimate of drug-likeness (QED) is 0.845. The van der Waals surface area contributed by atoms with E-state index in [-0.39, 0.29) is 5.52 Å². The molecule has 0 aliphatic carbocycles. The van der Waals surface area contributed by atoms with E-state index < -0.39 is 22.0 Å². The molecule has 0 aliphatic rings. The second kappa shape index (κ2) is 3.98. The zero-order valence-corrected chi connectivity index (χ0v) is 10.1. The maximum Gasteiger partial charge on any atom is 0.404 e. The largest absolute Gasteiger partial charge is 0.404 e. The Morgan fingerprint density at radius 1 is 1.33 bits per heavy atom. The highest BCUT2D eigenvalue weighted by molar-refractivity contribution is 7.90. The van der Waals surface area contributed by atoms with Crippen LogP contribution in [0.4, 0.5) is 13.2 Å². The van der Waals surface area contributed by atoms with Gasteiger partial charge in [-0.05, 0) is 24.6 Å². The summed E-state index contributed by atoms with van der Waals surface area (Å²) in [5, 5.41) is 0. The summed E-state index contributed by atoms with van der Waals surface area (Å²) in [5.41, 5.74) is 1.34. The van der Waals surface area contributed by atoms with E-state index in [1.165, 1.54) is 6.07 Å². The number of hydrogen-bond donors (Lipinski definition) is 0. The van der Waals surface area contributed by atoms with Gasteiger partial charge in [0, 0.05) is 0 Å². The van der Waals surface area contributed by atoms with E-state index in [9.17, 15) is 21.6 Å². The summed E-state index contributed by atoms with van der Waals surface area (Å²) in [6, 6.07) is 4.66. The van der Waals surface area contributed by atoms with Gasteiger partial charge in [0.1, 0.15) is 6.33 Å². The number of fused-ring (bicyclic) bond motifs is 1. The van der Waals surface area contributed by atoms with Crippen molar-refractivity contribution >= 4 is 21.1 Å². The van der Waals surface area contributed by atoms with Crippen molar-refractivity contribution in [2.24, 2.45) is 0 Å². The van der Waals surface area contributed by atoms with E-state index >= 15 is 0 Å². The van der Waals surface area contributed by atoms with Crippen molar-refractivity contribution in [3.8, 4) is 0 Å². The van der Waals surface area contributed by atoms with Crippen LogP contribution in [0.15, 0.2) is 24.5 Å². The number of aromatic nitrogens is 2. The summed E-state index contributed by atoms with van der Waals surface area (Å²) in [7, 11) is -4.48. The lowest BCUT2D eigenvalue weighted by molar-refractivity contribution is -0.106. The lowest BCUT2D eigenvalue weighted by Gasteiger charge is -2.09. The highest BCUT2D eigenvalue weighted by Crippen LogP contribution is 2.22. The van der Waals surface area contributed by atoms with Crippen LogP contribution in [0.5, 0.6) is 0 Å². The molecule has 0 saturated heterocycles. The molecule has 0 amide bonds. The summed E-state index contributed by atoms with van der Waals surface area (Å²) in [6.45, 7) is 1.78. The first kappa shape index (κ1) is 12.9. The molecule has 2 aromatic rings. The normalized spacial score (nSPS) is 13.1. The molecule has 1 aromatic carbocycles. The maximum atomic E-state index is 12.2. The Kier molecular flexibility index (Phi) is 2.84. The Morgan fingerprint density at radius 2 is 2.00 bits per heavy atom. The minimum atomic E-state index is -4.78. The molecular formula is C10H9F3N2O2S. The fraction of sp³-hybridized carbons (Fsp3) is 0.300. The minimum Gasteiger partial charge on any atom is -0.236 e. The van der Waals surface area contributed by atoms with Gasteiger partial charge in [0.15, 0.2) is 5.75 Å². The molecular weight excluding hydrogens is 269 g/mol. The van der Waals surface area contributed by atoms with Crippen LogP contribution < -0.4 is 0 Å². The molecule has 18 heavy (non-hydrogen) atoms. The first-order valence-electron chi connectivity index (χ1n) is 4.93. The molecule has 8 heteroatoms. The van der Waals surface area contributed by atoms with E-state index in [1.54, 1.807) is 19.1 Å². The van der Waals surface area contributed by atoms with Crippen molar-refractivity contribution < 1.29 is 21.6 Å². The maximum absolute atomic E-state index is 12.2. The molecule has 98 valence electrons. The number of hydrogen-bond acceptors (Lipinski definition) is 3. The summed E-state index contributed by atoms with van der Waals surface area (Å²) in [6.07, 6.45) is -3.88. The van der Waals surface area contributed by atoms with E-state index in [4.69, 9.17) is 0 Å². The Labute approximate surface area is 101 Å². The van der Waals surface area contributed by atoms with E-state index in [0.717, 1.165) is 11.9 Å². The molecule has 0 bridgehead atoms. The molecule has 0 atom stereocenters. The third kappa shape index (κ3) is 2.47. The van der Waals surface area contributed by atoms with Gasteiger partial charge < -0.3 is 0 Å². The lowest BCUT2D eigenvalue weighted by atomic mass is 10.2. The molecule has 0 fully saturated rings. The average molecular weight is 278 g/mol. The fourth-order valence-electron chi connectivity index (χ4n) is 1.60. The van der Waals surface area contributed by atoms with E-state index in [2.05, 4.69) is 4.98 Å². The molecule has 0 saturated carbocycles. The summed E-state index contributed by atoms with van der Waals surface area (Å²) < 4.78 is 60.4. The van der Waals surface area contributed by atoms with Gasteiger partial charge >= 0.3 is 6.18 Å². The van der Waals surface area contributed by atoms with Crippen molar-refractivity contribution in [3.63, 3.8) is 0 Å². The van der Waals surface area contributed by atoms with Gasteiger partial charge in [-0.2, -0.15) is 13.2 Å². The predicted molar refractivity (Wildman–Crippen MR) is 59.7 cm³/mol. The molecule has 0 N–H and O–H groups in total. The minimum absolute atomic E-state index is 0.143. The molecule has 1 aromatic heterocycles. The second-order valence-corrected chi connectivity index (χ2v) is 5.75. The molecule has 1 heterocycles. The first-order chi connectivity index (χ1) is 8.19. The van der Waals surface area contributed by atoms with Crippen LogP contribution in [-0.4, -0.2) is 29.3 Å². The van der Waals surface area contributed by atoms with Crippen LogP contribution in [0, 0.1) is 6.92 Å². The number of halogens is 3. The highest BCUT2D eigenvalue weighted by Gasteiger charge is 2.36. The SMILES string of the molecule is Cc1ccc2c(c1)ncn2S(=O)(=O)CC(F)(F)F. The van der Waals surface area contributed by atoms with Gasteiger partial charge in [0.25, 0.3) is 0 Å². The smallest absolute Gasteiger partial charge is 0.236 e. The van der Waals surface area contributed by atoms with E-state index in [1.807, 2.05) is 0 Å². The molecule has 0 aliphatic heterocycles. The van der Waals surface area contributed by atoms with Gasteiger partial charge in [-0.3, -0.25) is 0 Å². The second-order valence-electron chi connectivity index (χ2n) is 3.90. The van der Waals surface area contributed by atoms with Crippen LogP contribution in [0.1, 0.15) is 5.56 Å². The van der Waals surface area contributed by atoms with Crippen molar-refractivity contribution in [1.29, 1.82) is 0 Å². The summed E-state index contributed by atoms with van der Waals surface area (Å²) >= 11 is 0. The van der Waals surface area contributed by atoms with Crippen molar-refractivity contribution in [1.82, 2.24) is 8.96 Å². The molecule has 0 unspecified atom stereocenters. The number of rotatable bonds is 2. The van der Waals surface area contributed by atoms with Crippen LogP contribution >= 0.6 is 0 Å². The predicted octanol–water partition coefficient (Wildman–Crippen LogP) is 2.08. The van der Waals surface area contributed by atoms with Crippen molar-refractivity contribution in [2.45, 2.75) is 13.1 Å². The average Bonchev–Trinajstić information content (AvgIpc) is 2.56. The molecule has 2 rings (SSSR count). The number of benzene rings is 1. The lowest BCUT2D eigenvalue weighted by Crippen LogP contribution is -2.27. The van der Waals surface area contributed by atoms with Gasteiger partial charge in [-0.25, -0.2) is 17.4 Å². The van der Waals surface area contributed by atoms with Gasteiger partial charge in [0.2, 0.25) is 10.0 Å². The van der Waals surface area contributed by atoms with Gasteiger partial charge in [0.05, 0.1) is 11.0 Å². The Hall–Kier alpha value is -1.57. The van der Waals surface area contributed by atoms with Crippen molar-refractivity contribution in [3.05, 3.63) is 30.1 Å². The van der Waals surface area contributed by atoms with Crippen LogP contribution in [-0.2, 0) is 10.0 Å². The van der Waals surface area contributed by atoms with E-state index in [0.29, 0.717) is 9.49 Å².